The van der Waals surface area contributed by atoms with Crippen LogP contribution >= 0.6 is 12.4 Å². The minimum absolute atomic E-state index is 0. The summed E-state index contributed by atoms with van der Waals surface area (Å²) in [7, 11) is 1.63. The molecule has 0 saturated carbocycles. The number of methoxy groups -OCH3 is 1. The summed E-state index contributed by atoms with van der Waals surface area (Å²) >= 11 is 0. The number of amides is 1. The van der Waals surface area contributed by atoms with E-state index in [1.54, 1.807) is 7.11 Å². The van der Waals surface area contributed by atoms with Crippen LogP contribution in [-0.2, 0) is 11.3 Å². The standard InChI is InChI=1S/C20H22N4O3.ClH/c1-27-18-9-5-2-6-14(18)17-12-21-10-11-23(17)19(25)13-24-16-8-4-3-7-15(16)22-20(24)26;/h2-9,17,21H,10-13H2,1H3,(H,22,26);1H. The van der Waals surface area contributed by atoms with E-state index in [2.05, 4.69) is 10.3 Å². The van der Waals surface area contributed by atoms with Gasteiger partial charge >= 0.3 is 5.69 Å². The smallest absolute Gasteiger partial charge is 0.326 e. The van der Waals surface area contributed by atoms with Gasteiger partial charge in [0.15, 0.2) is 0 Å². The second kappa shape index (κ2) is 8.50. The van der Waals surface area contributed by atoms with Crippen LogP contribution in [0.4, 0.5) is 0 Å². The Hall–Kier alpha value is -2.77. The number of hydrogen-bond donors (Lipinski definition) is 2. The van der Waals surface area contributed by atoms with Crippen LogP contribution < -0.4 is 15.7 Å². The summed E-state index contributed by atoms with van der Waals surface area (Å²) in [5.74, 6) is 0.674. The Morgan fingerprint density at radius 3 is 2.75 bits per heavy atom. The lowest BCUT2D eigenvalue weighted by molar-refractivity contribution is -0.135. The zero-order chi connectivity index (χ0) is 18.8. The largest absolute Gasteiger partial charge is 0.496 e. The zero-order valence-electron chi connectivity index (χ0n) is 15.6. The second-order valence-electron chi connectivity index (χ2n) is 6.58. The lowest BCUT2D eigenvalue weighted by atomic mass is 10.0. The molecule has 2 heterocycles. The van der Waals surface area contributed by atoms with Gasteiger partial charge in [0, 0.05) is 25.2 Å². The molecule has 3 aromatic rings. The van der Waals surface area contributed by atoms with E-state index in [0.29, 0.717) is 13.1 Å². The number of ether oxygens (including phenoxy) is 1. The molecule has 4 rings (SSSR count). The minimum atomic E-state index is -0.270. The second-order valence-corrected chi connectivity index (χ2v) is 6.58. The first kappa shape index (κ1) is 20.0. The van der Waals surface area contributed by atoms with Gasteiger partial charge in [-0.3, -0.25) is 9.36 Å². The highest BCUT2D eigenvalue weighted by molar-refractivity contribution is 5.85. The van der Waals surface area contributed by atoms with Crippen LogP contribution in [0.5, 0.6) is 5.75 Å². The number of rotatable bonds is 4. The Bertz CT molecular complexity index is 1030. The summed E-state index contributed by atoms with van der Waals surface area (Å²) in [5, 5.41) is 3.35. The van der Waals surface area contributed by atoms with Crippen molar-refractivity contribution in [1.82, 2.24) is 19.8 Å². The number of benzene rings is 2. The highest BCUT2D eigenvalue weighted by atomic mass is 35.5. The number of H-pyrrole nitrogens is 1. The van der Waals surface area contributed by atoms with Crippen molar-refractivity contribution in [2.75, 3.05) is 26.7 Å². The molecule has 8 heteroatoms. The molecule has 1 atom stereocenters. The maximum atomic E-state index is 13.1. The van der Waals surface area contributed by atoms with Crippen molar-refractivity contribution in [3.8, 4) is 5.75 Å². The molecule has 1 saturated heterocycles. The van der Waals surface area contributed by atoms with Gasteiger partial charge in [-0.2, -0.15) is 0 Å². The maximum Gasteiger partial charge on any atom is 0.326 e. The quantitative estimate of drug-likeness (QED) is 0.699. The molecule has 1 amide bonds. The normalized spacial score (nSPS) is 16.6. The van der Waals surface area contributed by atoms with Crippen LogP contribution in [0.3, 0.4) is 0 Å². The molecule has 0 radical (unpaired) electrons. The molecular formula is C20H23ClN4O3. The van der Waals surface area contributed by atoms with Gasteiger partial charge in [0.2, 0.25) is 5.91 Å². The van der Waals surface area contributed by atoms with Crippen LogP contribution in [0.25, 0.3) is 11.0 Å². The average molecular weight is 403 g/mol. The van der Waals surface area contributed by atoms with Gasteiger partial charge in [-0.15, -0.1) is 12.4 Å². The molecule has 148 valence electrons. The number of nitrogens with one attached hydrogen (secondary N) is 2. The number of hydrogen-bond acceptors (Lipinski definition) is 4. The Labute approximate surface area is 168 Å². The number of aromatic amines is 1. The molecule has 1 fully saturated rings. The van der Waals surface area contributed by atoms with Gasteiger partial charge in [-0.25, -0.2) is 4.79 Å². The van der Waals surface area contributed by atoms with Crippen LogP contribution in [0, 0.1) is 0 Å². The number of fused-ring (bicyclic) bond motifs is 1. The number of nitrogens with zero attached hydrogens (tertiary/aromatic N) is 2. The Balaban J connectivity index is 0.00000225. The van der Waals surface area contributed by atoms with Gasteiger partial charge in [0.25, 0.3) is 0 Å². The fourth-order valence-electron chi connectivity index (χ4n) is 3.71. The SMILES string of the molecule is COc1ccccc1C1CNCCN1C(=O)Cn1c(=O)[nH]c2ccccc21.Cl. The third-order valence-corrected chi connectivity index (χ3v) is 5.04. The first-order valence-electron chi connectivity index (χ1n) is 8.99. The number of piperazine rings is 1. The Kier molecular flexibility index (Phi) is 6.06. The molecule has 2 N–H and O–H groups in total. The van der Waals surface area contributed by atoms with Crippen molar-refractivity contribution >= 4 is 29.3 Å². The van der Waals surface area contributed by atoms with Crippen molar-refractivity contribution in [2.45, 2.75) is 12.6 Å². The molecular weight excluding hydrogens is 380 g/mol. The summed E-state index contributed by atoms with van der Waals surface area (Å²) in [6.07, 6.45) is 0. The fraction of sp³-hybridized carbons (Fsp3) is 0.300. The third-order valence-electron chi connectivity index (χ3n) is 5.04. The molecule has 2 aromatic carbocycles. The first-order valence-corrected chi connectivity index (χ1v) is 8.99. The van der Waals surface area contributed by atoms with E-state index in [-0.39, 0.29) is 36.6 Å². The van der Waals surface area contributed by atoms with Crippen molar-refractivity contribution in [3.63, 3.8) is 0 Å². The van der Waals surface area contributed by atoms with Crippen molar-refractivity contribution in [3.05, 3.63) is 64.6 Å². The van der Waals surface area contributed by atoms with Gasteiger partial charge in [0.05, 0.1) is 24.2 Å². The molecule has 1 aliphatic heterocycles. The number of halogens is 1. The monoisotopic (exact) mass is 402 g/mol. The van der Waals surface area contributed by atoms with Crippen molar-refractivity contribution in [1.29, 1.82) is 0 Å². The minimum Gasteiger partial charge on any atom is -0.496 e. The molecule has 1 unspecified atom stereocenters. The van der Waals surface area contributed by atoms with E-state index < -0.39 is 0 Å². The molecule has 7 nitrogen and oxygen atoms in total. The first-order chi connectivity index (χ1) is 13.2. The summed E-state index contributed by atoms with van der Waals surface area (Å²) in [4.78, 5) is 30.1. The summed E-state index contributed by atoms with van der Waals surface area (Å²) in [6.45, 7) is 1.96. The average Bonchev–Trinajstić information content (AvgIpc) is 3.03. The van der Waals surface area contributed by atoms with Crippen molar-refractivity contribution in [2.24, 2.45) is 0 Å². The molecule has 28 heavy (non-hydrogen) atoms. The lowest BCUT2D eigenvalue weighted by Crippen LogP contribution is -2.50. The number of para-hydroxylation sites is 3. The van der Waals surface area contributed by atoms with Crippen LogP contribution in [0.15, 0.2) is 53.3 Å². The third kappa shape index (κ3) is 3.63. The van der Waals surface area contributed by atoms with Crippen LogP contribution in [-0.4, -0.2) is 47.1 Å². The van der Waals surface area contributed by atoms with Gasteiger partial charge < -0.3 is 19.9 Å². The lowest BCUT2D eigenvalue weighted by Gasteiger charge is -2.37. The molecule has 0 spiro atoms. The molecule has 0 aliphatic carbocycles. The highest BCUT2D eigenvalue weighted by Gasteiger charge is 2.30. The Morgan fingerprint density at radius 2 is 1.93 bits per heavy atom. The van der Waals surface area contributed by atoms with E-state index in [1.165, 1.54) is 4.57 Å². The number of carbonyl (C=O) groups is 1. The predicted octanol–water partition coefficient (Wildman–Crippen LogP) is 1.93. The molecule has 1 aliphatic rings. The fourth-order valence-corrected chi connectivity index (χ4v) is 3.71. The van der Waals surface area contributed by atoms with E-state index in [1.807, 2.05) is 53.4 Å². The van der Waals surface area contributed by atoms with E-state index in [4.69, 9.17) is 4.74 Å². The summed E-state index contributed by atoms with van der Waals surface area (Å²) < 4.78 is 6.98. The highest BCUT2D eigenvalue weighted by Crippen LogP contribution is 2.30. The topological polar surface area (TPSA) is 79.4 Å². The Morgan fingerprint density at radius 1 is 1.18 bits per heavy atom. The zero-order valence-corrected chi connectivity index (χ0v) is 16.4. The number of aromatic nitrogens is 2. The van der Waals surface area contributed by atoms with Gasteiger partial charge in [0.1, 0.15) is 12.3 Å². The van der Waals surface area contributed by atoms with Crippen LogP contribution in [0.1, 0.15) is 11.6 Å². The summed E-state index contributed by atoms with van der Waals surface area (Å²) in [6, 6.07) is 15.0. The molecule has 1 aromatic heterocycles. The predicted molar refractivity (Wildman–Crippen MR) is 110 cm³/mol. The van der Waals surface area contributed by atoms with Crippen molar-refractivity contribution < 1.29 is 9.53 Å². The van der Waals surface area contributed by atoms with Gasteiger partial charge in [-0.1, -0.05) is 30.3 Å². The molecule has 0 bridgehead atoms. The summed E-state index contributed by atoms with van der Waals surface area (Å²) in [5.41, 5.74) is 2.16. The van der Waals surface area contributed by atoms with Gasteiger partial charge in [-0.05, 0) is 18.2 Å². The van der Waals surface area contributed by atoms with E-state index in [0.717, 1.165) is 28.9 Å². The van der Waals surface area contributed by atoms with Crippen LogP contribution in [0.2, 0.25) is 0 Å². The maximum absolute atomic E-state index is 13.1. The van der Waals surface area contributed by atoms with E-state index >= 15 is 0 Å². The number of imidazole rings is 1. The number of carbonyl (C=O) groups excluding carboxylic acids is 1. The van der Waals surface area contributed by atoms with E-state index in [9.17, 15) is 9.59 Å².